The molecule has 1 aliphatic heterocycles. The average Bonchev–Trinajstić information content (AvgIpc) is 2.57. The Morgan fingerprint density at radius 2 is 1.58 bits per heavy atom. The van der Waals surface area contributed by atoms with Crippen molar-refractivity contribution in [3.05, 3.63) is 22.2 Å². The van der Waals surface area contributed by atoms with Gasteiger partial charge < -0.3 is 5.73 Å². The largest absolute Gasteiger partial charge is 0.399 e. The summed E-state index contributed by atoms with van der Waals surface area (Å²) in [5, 5.41) is 0.134. The Kier molecular flexibility index (Phi) is 4.02. The topological polar surface area (TPSA) is 63.4 Å². The van der Waals surface area contributed by atoms with Gasteiger partial charge in [-0.05, 0) is 24.0 Å². The van der Waals surface area contributed by atoms with Crippen LogP contribution in [0.1, 0.15) is 13.8 Å². The number of benzene rings is 1. The minimum Gasteiger partial charge on any atom is -0.399 e. The Morgan fingerprint density at radius 1 is 1.16 bits per heavy atom. The van der Waals surface area contributed by atoms with E-state index in [-0.39, 0.29) is 14.9 Å². The Bertz CT molecular complexity index is 571. The van der Waals surface area contributed by atoms with Gasteiger partial charge in [-0.2, -0.15) is 4.31 Å². The predicted octanol–water partition coefficient (Wildman–Crippen LogP) is 2.85. The fourth-order valence-corrected chi connectivity index (χ4v) is 5.05. The van der Waals surface area contributed by atoms with Crippen LogP contribution >= 0.6 is 23.2 Å². The second-order valence-electron chi connectivity index (χ2n) is 5.09. The Balaban J connectivity index is 2.47. The molecule has 7 heteroatoms. The highest BCUT2D eigenvalue weighted by Crippen LogP contribution is 2.36. The van der Waals surface area contributed by atoms with Gasteiger partial charge in [-0.1, -0.05) is 37.0 Å². The summed E-state index contributed by atoms with van der Waals surface area (Å²) in [6.07, 6.45) is 0. The van der Waals surface area contributed by atoms with E-state index in [1.54, 1.807) is 0 Å². The van der Waals surface area contributed by atoms with Crippen LogP contribution in [0.15, 0.2) is 17.0 Å². The Morgan fingerprint density at radius 3 is 2.00 bits per heavy atom. The lowest BCUT2D eigenvalue weighted by molar-refractivity contribution is 0.463. The van der Waals surface area contributed by atoms with Crippen molar-refractivity contribution in [3.8, 4) is 0 Å². The van der Waals surface area contributed by atoms with Crippen LogP contribution in [0.25, 0.3) is 0 Å². The Labute approximate surface area is 123 Å². The summed E-state index contributed by atoms with van der Waals surface area (Å²) < 4.78 is 26.6. The number of rotatable bonds is 2. The molecule has 1 aromatic carbocycles. The Hall–Kier alpha value is -0.490. The van der Waals surface area contributed by atoms with Crippen molar-refractivity contribution in [3.63, 3.8) is 0 Å². The van der Waals surface area contributed by atoms with Crippen LogP contribution in [0.4, 0.5) is 5.69 Å². The molecule has 0 spiro atoms. The molecule has 1 aliphatic rings. The first-order valence-electron chi connectivity index (χ1n) is 5.98. The highest BCUT2D eigenvalue weighted by atomic mass is 35.5. The van der Waals surface area contributed by atoms with Gasteiger partial charge in [0.15, 0.2) is 0 Å². The van der Waals surface area contributed by atoms with E-state index >= 15 is 0 Å². The zero-order chi connectivity index (χ0) is 14.4. The molecule has 1 fully saturated rings. The summed E-state index contributed by atoms with van der Waals surface area (Å²) in [4.78, 5) is -0.0497. The van der Waals surface area contributed by atoms with E-state index in [2.05, 4.69) is 0 Å². The molecule has 1 saturated heterocycles. The molecule has 1 aromatic rings. The molecule has 4 nitrogen and oxygen atoms in total. The molecule has 106 valence electrons. The minimum absolute atomic E-state index is 0.0497. The first-order valence-corrected chi connectivity index (χ1v) is 8.17. The fraction of sp³-hybridized carbons (Fsp3) is 0.500. The summed E-state index contributed by atoms with van der Waals surface area (Å²) in [5.41, 5.74) is 5.94. The van der Waals surface area contributed by atoms with Crippen LogP contribution < -0.4 is 5.73 Å². The monoisotopic (exact) mass is 322 g/mol. The van der Waals surface area contributed by atoms with E-state index in [1.165, 1.54) is 16.4 Å². The lowest BCUT2D eigenvalue weighted by atomic mass is 10.0. The number of anilines is 1. The maximum absolute atomic E-state index is 12.6. The van der Waals surface area contributed by atoms with Crippen molar-refractivity contribution < 1.29 is 8.42 Å². The normalized spacial score (nSPS) is 24.8. The highest BCUT2D eigenvalue weighted by molar-refractivity contribution is 7.89. The van der Waals surface area contributed by atoms with E-state index in [0.29, 0.717) is 30.6 Å². The molecule has 0 aliphatic carbocycles. The molecule has 2 rings (SSSR count). The first-order chi connectivity index (χ1) is 8.73. The fourth-order valence-electron chi connectivity index (χ4n) is 2.23. The molecular weight excluding hydrogens is 307 g/mol. The number of halogens is 2. The van der Waals surface area contributed by atoms with Gasteiger partial charge >= 0.3 is 0 Å². The summed E-state index contributed by atoms with van der Waals surface area (Å²) in [6.45, 7) is 5.04. The summed E-state index contributed by atoms with van der Waals surface area (Å²) in [5.74, 6) is 0.641. The van der Waals surface area contributed by atoms with Crippen LogP contribution in [0.2, 0.25) is 10.0 Å². The molecular formula is C12H16Cl2N2O2S. The number of hydrogen-bond acceptors (Lipinski definition) is 3. The predicted molar refractivity (Wildman–Crippen MR) is 78.0 cm³/mol. The zero-order valence-electron chi connectivity index (χ0n) is 10.7. The second kappa shape index (κ2) is 5.13. The molecule has 2 unspecified atom stereocenters. The van der Waals surface area contributed by atoms with Crippen LogP contribution in [-0.4, -0.2) is 25.8 Å². The molecule has 0 bridgehead atoms. The number of sulfonamides is 1. The zero-order valence-corrected chi connectivity index (χ0v) is 13.1. The van der Waals surface area contributed by atoms with Gasteiger partial charge in [0.2, 0.25) is 10.0 Å². The summed E-state index contributed by atoms with van der Waals surface area (Å²) >= 11 is 12.0. The minimum atomic E-state index is -3.67. The van der Waals surface area contributed by atoms with Gasteiger partial charge in [0.1, 0.15) is 4.90 Å². The molecule has 0 aromatic heterocycles. The number of nitrogens with zero attached hydrogens (tertiary/aromatic N) is 1. The van der Waals surface area contributed by atoms with Crippen LogP contribution in [0, 0.1) is 11.8 Å². The van der Waals surface area contributed by atoms with Crippen molar-refractivity contribution in [2.75, 3.05) is 18.8 Å². The highest BCUT2D eigenvalue weighted by Gasteiger charge is 2.37. The molecule has 2 atom stereocenters. The van der Waals surface area contributed by atoms with Crippen molar-refractivity contribution in [1.82, 2.24) is 4.31 Å². The third kappa shape index (κ3) is 2.70. The number of nitrogen functional groups attached to an aromatic ring is 1. The lowest BCUT2D eigenvalue weighted by Crippen LogP contribution is -2.29. The van der Waals surface area contributed by atoms with Gasteiger partial charge in [0, 0.05) is 18.8 Å². The van der Waals surface area contributed by atoms with Gasteiger partial charge in [0.25, 0.3) is 0 Å². The first kappa shape index (κ1) is 14.9. The van der Waals surface area contributed by atoms with Gasteiger partial charge in [-0.15, -0.1) is 0 Å². The standard InChI is InChI=1S/C12H16Cl2N2O2S/c1-7-5-16(6-8(7)2)19(17,18)12-10(13)3-9(15)4-11(12)14/h3-4,7-8H,5-6,15H2,1-2H3. The SMILES string of the molecule is CC1CN(S(=O)(=O)c2c(Cl)cc(N)cc2Cl)CC1C. The van der Waals surface area contributed by atoms with E-state index in [0.717, 1.165) is 0 Å². The van der Waals surface area contributed by atoms with Gasteiger partial charge in [-0.25, -0.2) is 8.42 Å². The number of nitrogens with two attached hydrogens (primary N) is 1. The third-order valence-corrected chi connectivity index (χ3v) is 6.33. The van der Waals surface area contributed by atoms with Gasteiger partial charge in [0.05, 0.1) is 10.0 Å². The smallest absolute Gasteiger partial charge is 0.246 e. The maximum Gasteiger partial charge on any atom is 0.246 e. The molecule has 0 amide bonds. The molecule has 1 heterocycles. The third-order valence-electron chi connectivity index (χ3n) is 3.57. The van der Waals surface area contributed by atoms with E-state index < -0.39 is 10.0 Å². The van der Waals surface area contributed by atoms with Crippen LogP contribution in [-0.2, 0) is 10.0 Å². The van der Waals surface area contributed by atoms with E-state index in [4.69, 9.17) is 28.9 Å². The van der Waals surface area contributed by atoms with E-state index in [9.17, 15) is 8.42 Å². The molecule has 19 heavy (non-hydrogen) atoms. The van der Waals surface area contributed by atoms with Crippen LogP contribution in [0.3, 0.4) is 0 Å². The molecule has 0 radical (unpaired) electrons. The second-order valence-corrected chi connectivity index (χ2v) is 7.78. The van der Waals surface area contributed by atoms with E-state index in [1.807, 2.05) is 13.8 Å². The van der Waals surface area contributed by atoms with Crippen molar-refractivity contribution >= 4 is 38.9 Å². The lowest BCUT2D eigenvalue weighted by Gasteiger charge is -2.18. The van der Waals surface area contributed by atoms with Crippen molar-refractivity contribution in [1.29, 1.82) is 0 Å². The van der Waals surface area contributed by atoms with Crippen molar-refractivity contribution in [2.24, 2.45) is 11.8 Å². The van der Waals surface area contributed by atoms with Crippen LogP contribution in [0.5, 0.6) is 0 Å². The summed E-state index contributed by atoms with van der Waals surface area (Å²) in [7, 11) is -3.67. The quantitative estimate of drug-likeness (QED) is 0.851. The number of hydrogen-bond donors (Lipinski definition) is 1. The average molecular weight is 323 g/mol. The van der Waals surface area contributed by atoms with Gasteiger partial charge in [-0.3, -0.25) is 0 Å². The molecule has 2 N–H and O–H groups in total. The van der Waals surface area contributed by atoms with Crippen molar-refractivity contribution in [2.45, 2.75) is 18.7 Å². The molecule has 0 saturated carbocycles. The maximum atomic E-state index is 12.6. The summed E-state index contributed by atoms with van der Waals surface area (Å²) in [6, 6.07) is 2.81.